The van der Waals surface area contributed by atoms with Crippen LogP contribution in [0.4, 0.5) is 10.8 Å². The number of carbonyl (C=O) groups is 1. The molecule has 1 aliphatic rings. The molecule has 0 fully saturated rings. The fourth-order valence-corrected chi connectivity index (χ4v) is 3.90. The Morgan fingerprint density at radius 1 is 1.15 bits per heavy atom. The van der Waals surface area contributed by atoms with Crippen molar-refractivity contribution in [2.24, 2.45) is 0 Å². The number of amides is 1. The first-order valence-corrected chi connectivity index (χ1v) is 9.12. The van der Waals surface area contributed by atoms with Crippen LogP contribution in [0.2, 0.25) is 0 Å². The van der Waals surface area contributed by atoms with Crippen LogP contribution in [0.3, 0.4) is 0 Å². The van der Waals surface area contributed by atoms with Gasteiger partial charge >= 0.3 is 0 Å². The van der Waals surface area contributed by atoms with Gasteiger partial charge in [0.1, 0.15) is 5.56 Å². The minimum Gasteiger partial charge on any atom is -0.298 e. The highest BCUT2D eigenvalue weighted by Crippen LogP contribution is 2.30. The summed E-state index contributed by atoms with van der Waals surface area (Å²) in [5, 5.41) is 16.0. The Bertz CT molecular complexity index is 1010. The number of para-hydroxylation sites is 1. The molecule has 1 aromatic heterocycles. The van der Waals surface area contributed by atoms with E-state index in [2.05, 4.69) is 22.4 Å². The van der Waals surface area contributed by atoms with E-state index in [1.807, 2.05) is 11.4 Å². The molecule has 2 aromatic carbocycles. The summed E-state index contributed by atoms with van der Waals surface area (Å²) in [4.78, 5) is 27.4. The third-order valence-corrected chi connectivity index (χ3v) is 5.22. The Balaban J connectivity index is 1.56. The first-order chi connectivity index (χ1) is 12.6. The second kappa shape index (κ2) is 6.68. The van der Waals surface area contributed by atoms with Crippen LogP contribution in [0.25, 0.3) is 11.3 Å². The Hall–Kier alpha value is -3.06. The Morgan fingerprint density at radius 2 is 1.96 bits per heavy atom. The average Bonchev–Trinajstić information content (AvgIpc) is 3.30. The van der Waals surface area contributed by atoms with Crippen LogP contribution in [-0.2, 0) is 12.8 Å². The Labute approximate surface area is 153 Å². The van der Waals surface area contributed by atoms with Crippen LogP contribution in [-0.4, -0.2) is 15.8 Å². The number of aromatic nitrogens is 1. The molecule has 0 aliphatic heterocycles. The molecule has 0 atom stereocenters. The summed E-state index contributed by atoms with van der Waals surface area (Å²) >= 11 is 1.30. The lowest BCUT2D eigenvalue weighted by atomic mass is 10.1. The summed E-state index contributed by atoms with van der Waals surface area (Å²) < 4.78 is 0. The molecule has 0 saturated carbocycles. The number of benzene rings is 2. The van der Waals surface area contributed by atoms with Gasteiger partial charge < -0.3 is 0 Å². The fourth-order valence-electron chi connectivity index (χ4n) is 3.18. The van der Waals surface area contributed by atoms with Gasteiger partial charge in [0.05, 0.1) is 10.6 Å². The predicted octanol–water partition coefficient (Wildman–Crippen LogP) is 4.46. The normalized spacial score (nSPS) is 12.6. The standard InChI is InChI=1S/C19H15N3O3S/c23-18(15-6-1-2-7-17(15)22(24)25)21-19-20-16(11-26-19)14-9-8-12-4-3-5-13(12)10-14/h1-2,6-11H,3-5H2,(H,20,21,23). The second-order valence-electron chi connectivity index (χ2n) is 6.10. The monoisotopic (exact) mass is 365 g/mol. The maximum Gasteiger partial charge on any atom is 0.282 e. The smallest absolute Gasteiger partial charge is 0.282 e. The lowest BCUT2D eigenvalue weighted by molar-refractivity contribution is -0.385. The number of nitrogens with zero attached hydrogens (tertiary/aromatic N) is 2. The molecule has 0 radical (unpaired) electrons. The van der Waals surface area contributed by atoms with Crippen molar-refractivity contribution in [1.29, 1.82) is 0 Å². The molecule has 1 amide bonds. The first kappa shape index (κ1) is 16.4. The van der Waals surface area contributed by atoms with E-state index in [9.17, 15) is 14.9 Å². The molecule has 3 aromatic rings. The topological polar surface area (TPSA) is 85.1 Å². The number of nitro benzene ring substituents is 1. The van der Waals surface area contributed by atoms with Gasteiger partial charge in [-0.3, -0.25) is 20.2 Å². The highest BCUT2D eigenvalue weighted by Gasteiger charge is 2.20. The van der Waals surface area contributed by atoms with Crippen LogP contribution in [0.1, 0.15) is 27.9 Å². The van der Waals surface area contributed by atoms with Crippen LogP contribution >= 0.6 is 11.3 Å². The van der Waals surface area contributed by atoms with Crippen LogP contribution < -0.4 is 5.32 Å². The van der Waals surface area contributed by atoms with Crippen LogP contribution in [0, 0.1) is 10.1 Å². The van der Waals surface area contributed by atoms with Gasteiger partial charge in [0.2, 0.25) is 0 Å². The lowest BCUT2D eigenvalue weighted by Crippen LogP contribution is -2.13. The number of hydrogen-bond acceptors (Lipinski definition) is 5. The maximum atomic E-state index is 12.4. The fraction of sp³-hybridized carbons (Fsp3) is 0.158. The minimum atomic E-state index is -0.563. The summed E-state index contributed by atoms with van der Waals surface area (Å²) in [5.41, 5.74) is 4.37. The molecule has 0 spiro atoms. The third kappa shape index (κ3) is 3.09. The number of thiazole rings is 1. The minimum absolute atomic E-state index is 0.0202. The molecule has 4 rings (SSSR count). The lowest BCUT2D eigenvalue weighted by Gasteiger charge is -2.03. The molecule has 1 aliphatic carbocycles. The second-order valence-corrected chi connectivity index (χ2v) is 6.96. The summed E-state index contributed by atoms with van der Waals surface area (Å²) in [6, 6.07) is 12.2. The zero-order chi connectivity index (χ0) is 18.1. The molecule has 0 bridgehead atoms. The Kier molecular flexibility index (Phi) is 4.22. The average molecular weight is 365 g/mol. The van der Waals surface area contributed by atoms with Gasteiger partial charge in [-0.15, -0.1) is 11.3 Å². The van der Waals surface area contributed by atoms with Crippen molar-refractivity contribution in [3.63, 3.8) is 0 Å². The summed E-state index contributed by atoms with van der Waals surface area (Å²) in [6.07, 6.45) is 3.41. The molecular weight excluding hydrogens is 350 g/mol. The van der Waals surface area contributed by atoms with Gasteiger partial charge in [0.25, 0.3) is 11.6 Å². The summed E-state index contributed by atoms with van der Waals surface area (Å²) in [6.45, 7) is 0. The van der Waals surface area contributed by atoms with Crippen molar-refractivity contribution >= 4 is 28.1 Å². The number of aryl methyl sites for hydroxylation is 2. The molecule has 0 unspecified atom stereocenters. The summed E-state index contributed by atoms with van der Waals surface area (Å²) in [7, 11) is 0. The van der Waals surface area contributed by atoms with E-state index in [1.54, 1.807) is 6.07 Å². The van der Waals surface area contributed by atoms with Crippen LogP contribution in [0.5, 0.6) is 0 Å². The number of carbonyl (C=O) groups excluding carboxylic acids is 1. The molecule has 0 saturated heterocycles. The Morgan fingerprint density at radius 3 is 2.81 bits per heavy atom. The molecule has 1 heterocycles. The van der Waals surface area contributed by atoms with Crippen molar-refractivity contribution in [3.8, 4) is 11.3 Å². The molecule has 6 nitrogen and oxygen atoms in total. The van der Waals surface area contributed by atoms with Gasteiger partial charge in [0, 0.05) is 17.0 Å². The molecule has 130 valence electrons. The van der Waals surface area contributed by atoms with Crippen molar-refractivity contribution < 1.29 is 9.72 Å². The van der Waals surface area contributed by atoms with E-state index in [4.69, 9.17) is 0 Å². The zero-order valence-corrected chi connectivity index (χ0v) is 14.6. The number of rotatable bonds is 4. The van der Waals surface area contributed by atoms with E-state index < -0.39 is 10.8 Å². The van der Waals surface area contributed by atoms with Crippen LogP contribution in [0.15, 0.2) is 47.8 Å². The largest absolute Gasteiger partial charge is 0.298 e. The van der Waals surface area contributed by atoms with Crippen molar-refractivity contribution in [2.75, 3.05) is 5.32 Å². The number of nitro groups is 1. The van der Waals surface area contributed by atoms with Crippen molar-refractivity contribution in [1.82, 2.24) is 4.98 Å². The highest BCUT2D eigenvalue weighted by molar-refractivity contribution is 7.14. The number of hydrogen-bond donors (Lipinski definition) is 1. The van der Waals surface area contributed by atoms with Gasteiger partial charge in [-0.05, 0) is 42.5 Å². The highest BCUT2D eigenvalue weighted by atomic mass is 32.1. The van der Waals surface area contributed by atoms with Gasteiger partial charge in [-0.1, -0.05) is 24.3 Å². The van der Waals surface area contributed by atoms with E-state index in [1.165, 1.54) is 47.1 Å². The van der Waals surface area contributed by atoms with E-state index in [0.717, 1.165) is 24.1 Å². The third-order valence-electron chi connectivity index (χ3n) is 4.46. The van der Waals surface area contributed by atoms with Gasteiger partial charge in [-0.25, -0.2) is 4.98 Å². The number of nitrogens with one attached hydrogen (secondary N) is 1. The number of fused-ring (bicyclic) bond motifs is 1. The van der Waals surface area contributed by atoms with E-state index in [0.29, 0.717) is 5.13 Å². The SMILES string of the molecule is O=C(Nc1nc(-c2ccc3c(c2)CCC3)cs1)c1ccccc1[N+](=O)[O-]. The predicted molar refractivity (Wildman–Crippen MR) is 101 cm³/mol. The molecule has 26 heavy (non-hydrogen) atoms. The maximum absolute atomic E-state index is 12.4. The van der Waals surface area contributed by atoms with E-state index >= 15 is 0 Å². The number of anilines is 1. The van der Waals surface area contributed by atoms with Crippen molar-refractivity contribution in [3.05, 3.63) is 74.6 Å². The van der Waals surface area contributed by atoms with Gasteiger partial charge in [0.15, 0.2) is 5.13 Å². The summed E-state index contributed by atoms with van der Waals surface area (Å²) in [5.74, 6) is -0.535. The molecule has 1 N–H and O–H groups in total. The van der Waals surface area contributed by atoms with Crippen molar-refractivity contribution in [2.45, 2.75) is 19.3 Å². The molecular formula is C19H15N3O3S. The quantitative estimate of drug-likeness (QED) is 0.546. The zero-order valence-electron chi connectivity index (χ0n) is 13.8. The van der Waals surface area contributed by atoms with E-state index in [-0.39, 0.29) is 11.3 Å². The first-order valence-electron chi connectivity index (χ1n) is 8.24. The van der Waals surface area contributed by atoms with Gasteiger partial charge in [-0.2, -0.15) is 0 Å². The molecule has 7 heteroatoms.